The van der Waals surface area contributed by atoms with E-state index >= 15 is 0 Å². The van der Waals surface area contributed by atoms with Crippen LogP contribution in [0.3, 0.4) is 0 Å². The van der Waals surface area contributed by atoms with Crippen LogP contribution in [0, 0.1) is 0 Å². The van der Waals surface area contributed by atoms with Gasteiger partial charge < -0.3 is 10.6 Å². The Labute approximate surface area is 174 Å². The van der Waals surface area contributed by atoms with E-state index in [1.54, 1.807) is 12.1 Å². The fourth-order valence-corrected chi connectivity index (χ4v) is 3.10. The highest BCUT2D eigenvalue weighted by Gasteiger charge is 2.11. The van der Waals surface area contributed by atoms with Crippen LogP contribution in [0.4, 0.5) is 11.4 Å². The maximum Gasteiger partial charge on any atom is 0.255 e. The van der Waals surface area contributed by atoms with Crippen LogP contribution in [0.1, 0.15) is 20.7 Å². The molecule has 4 rings (SSSR count). The lowest BCUT2D eigenvalue weighted by atomic mass is 10.0. The number of benzene rings is 2. The van der Waals surface area contributed by atoms with E-state index in [2.05, 4.69) is 10.6 Å². The molecule has 0 bridgehead atoms. The van der Waals surface area contributed by atoms with Gasteiger partial charge >= 0.3 is 0 Å². The molecule has 0 unspecified atom stereocenters. The molecule has 4 aromatic rings. The lowest BCUT2D eigenvalue weighted by Gasteiger charge is -2.08. The van der Waals surface area contributed by atoms with Crippen LogP contribution < -0.4 is 19.8 Å². The number of aromatic nitrogens is 2. The van der Waals surface area contributed by atoms with Crippen molar-refractivity contribution < 1.29 is 18.7 Å². The van der Waals surface area contributed by atoms with Crippen LogP contribution in [0.5, 0.6) is 0 Å². The molecule has 2 aromatic carbocycles. The Morgan fingerprint density at radius 2 is 0.967 bits per heavy atom. The van der Waals surface area contributed by atoms with Crippen molar-refractivity contribution in [3.63, 3.8) is 0 Å². The Bertz CT molecular complexity index is 1130. The third-order valence-electron chi connectivity index (χ3n) is 4.84. The van der Waals surface area contributed by atoms with Crippen molar-refractivity contribution in [1.29, 1.82) is 0 Å². The van der Waals surface area contributed by atoms with E-state index in [0.29, 0.717) is 11.1 Å². The second kappa shape index (κ2) is 8.13. The van der Waals surface area contributed by atoms with Gasteiger partial charge in [0.2, 0.25) is 0 Å². The van der Waals surface area contributed by atoms with Crippen molar-refractivity contribution in [1.82, 2.24) is 0 Å². The van der Waals surface area contributed by atoms with E-state index in [1.807, 2.05) is 96.5 Å². The minimum absolute atomic E-state index is 0.176. The van der Waals surface area contributed by atoms with Crippen molar-refractivity contribution >= 4 is 34.0 Å². The number of aryl methyl sites for hydroxylation is 2. The lowest BCUT2D eigenvalue weighted by Crippen LogP contribution is -2.26. The highest BCUT2D eigenvalue weighted by atomic mass is 16.2. The number of pyridine rings is 2. The molecule has 0 aliphatic heterocycles. The van der Waals surface area contributed by atoms with Gasteiger partial charge in [0.25, 0.3) is 11.8 Å². The van der Waals surface area contributed by atoms with Crippen LogP contribution in [-0.4, -0.2) is 11.8 Å². The molecule has 2 heterocycles. The second-order valence-electron chi connectivity index (χ2n) is 7.19. The van der Waals surface area contributed by atoms with Crippen LogP contribution in [0.2, 0.25) is 0 Å². The maximum absolute atomic E-state index is 12.6. The molecule has 2 amide bonds. The van der Waals surface area contributed by atoms with Gasteiger partial charge in [0.15, 0.2) is 24.8 Å². The summed E-state index contributed by atoms with van der Waals surface area (Å²) < 4.78 is 3.80. The van der Waals surface area contributed by atoms with Crippen molar-refractivity contribution in [2.24, 2.45) is 14.1 Å². The first-order valence-corrected chi connectivity index (χ1v) is 9.55. The number of fused-ring (bicyclic) bond motifs is 1. The summed E-state index contributed by atoms with van der Waals surface area (Å²) in [6, 6.07) is 18.3. The average molecular weight is 398 g/mol. The van der Waals surface area contributed by atoms with Crippen molar-refractivity contribution in [3.8, 4) is 0 Å². The van der Waals surface area contributed by atoms with Gasteiger partial charge in [-0.3, -0.25) is 9.59 Å². The van der Waals surface area contributed by atoms with Crippen LogP contribution in [0.25, 0.3) is 10.8 Å². The van der Waals surface area contributed by atoms with Gasteiger partial charge in [-0.15, -0.1) is 0 Å². The Morgan fingerprint density at radius 1 is 0.600 bits per heavy atom. The van der Waals surface area contributed by atoms with E-state index < -0.39 is 0 Å². The first kappa shape index (κ1) is 19.3. The number of nitrogens with one attached hydrogen (secondary N) is 2. The number of rotatable bonds is 4. The molecule has 0 saturated heterocycles. The smallest absolute Gasteiger partial charge is 0.255 e. The first-order valence-electron chi connectivity index (χ1n) is 9.55. The largest absolute Gasteiger partial charge is 0.322 e. The first-order chi connectivity index (χ1) is 14.5. The molecule has 6 nitrogen and oxygen atoms in total. The van der Waals surface area contributed by atoms with Gasteiger partial charge in [-0.25, -0.2) is 9.13 Å². The van der Waals surface area contributed by atoms with Gasteiger partial charge in [-0.05, 0) is 35.0 Å². The van der Waals surface area contributed by atoms with Crippen molar-refractivity contribution in [3.05, 3.63) is 96.6 Å². The molecule has 6 heteroatoms. The second-order valence-corrected chi connectivity index (χ2v) is 7.19. The summed E-state index contributed by atoms with van der Waals surface area (Å²) in [5.41, 5.74) is 2.59. The molecule has 2 N–H and O–H groups in total. The molecule has 0 saturated carbocycles. The van der Waals surface area contributed by atoms with E-state index in [0.717, 1.165) is 22.1 Å². The van der Waals surface area contributed by atoms with Gasteiger partial charge in [0.1, 0.15) is 14.1 Å². The van der Waals surface area contributed by atoms with Crippen LogP contribution >= 0.6 is 0 Å². The number of anilines is 2. The third kappa shape index (κ3) is 4.33. The molecule has 0 spiro atoms. The van der Waals surface area contributed by atoms with Gasteiger partial charge in [-0.2, -0.15) is 0 Å². The molecule has 2 aromatic heterocycles. The van der Waals surface area contributed by atoms with Gasteiger partial charge in [-0.1, -0.05) is 12.1 Å². The zero-order valence-electron chi connectivity index (χ0n) is 16.8. The standard InChI is InChI=1S/C24H20N4O2/c1-27-11-7-21(8-12-27)25-23(29)19-5-3-18-16-20(6-4-17(18)15-19)24(30)26-22-9-13-28(2)14-10-22/h3-16H,1-2H3/p+2. The average Bonchev–Trinajstić information content (AvgIpc) is 2.76. The van der Waals surface area contributed by atoms with Gasteiger partial charge in [0.05, 0.1) is 11.4 Å². The number of amides is 2. The zero-order chi connectivity index (χ0) is 21.1. The van der Waals surface area contributed by atoms with Crippen molar-refractivity contribution in [2.75, 3.05) is 10.6 Å². The summed E-state index contributed by atoms with van der Waals surface area (Å²) in [6.07, 6.45) is 7.49. The number of nitrogens with zero attached hydrogens (tertiary/aromatic N) is 2. The topological polar surface area (TPSA) is 66.0 Å². The molecular weight excluding hydrogens is 376 g/mol. The fraction of sp³-hybridized carbons (Fsp3) is 0.0833. The molecule has 0 fully saturated rings. The van der Waals surface area contributed by atoms with Crippen molar-refractivity contribution in [2.45, 2.75) is 0 Å². The van der Waals surface area contributed by atoms with Crippen LogP contribution in [0.15, 0.2) is 85.5 Å². The van der Waals surface area contributed by atoms with Gasteiger partial charge in [0, 0.05) is 35.4 Å². The highest BCUT2D eigenvalue weighted by Crippen LogP contribution is 2.20. The predicted molar refractivity (Wildman–Crippen MR) is 115 cm³/mol. The molecule has 148 valence electrons. The molecule has 30 heavy (non-hydrogen) atoms. The molecule has 0 aliphatic rings. The summed E-state index contributed by atoms with van der Waals surface area (Å²) >= 11 is 0. The Morgan fingerprint density at radius 3 is 1.33 bits per heavy atom. The van der Waals surface area contributed by atoms with E-state index in [1.165, 1.54) is 0 Å². The molecule has 0 atom stereocenters. The highest BCUT2D eigenvalue weighted by molar-refractivity contribution is 6.08. The quantitative estimate of drug-likeness (QED) is 0.519. The maximum atomic E-state index is 12.6. The Hall–Kier alpha value is -4.06. The van der Waals surface area contributed by atoms with Crippen LogP contribution in [-0.2, 0) is 14.1 Å². The predicted octanol–water partition coefficient (Wildman–Crippen LogP) is 2.99. The minimum Gasteiger partial charge on any atom is -0.322 e. The lowest BCUT2D eigenvalue weighted by molar-refractivity contribution is -0.671. The minimum atomic E-state index is -0.176. The molecule has 0 aliphatic carbocycles. The number of carbonyl (C=O) groups is 2. The van der Waals surface area contributed by atoms with E-state index in [4.69, 9.17) is 0 Å². The molecule has 0 radical (unpaired) electrons. The zero-order valence-corrected chi connectivity index (χ0v) is 16.8. The summed E-state index contributed by atoms with van der Waals surface area (Å²) in [7, 11) is 3.84. The normalized spacial score (nSPS) is 10.6. The fourth-order valence-electron chi connectivity index (χ4n) is 3.10. The van der Waals surface area contributed by atoms with E-state index in [9.17, 15) is 9.59 Å². The number of carbonyl (C=O) groups excluding carboxylic acids is 2. The Balaban J connectivity index is 1.51. The van der Waals surface area contributed by atoms with E-state index in [-0.39, 0.29) is 11.8 Å². The number of hydrogen-bond acceptors (Lipinski definition) is 2. The third-order valence-corrected chi connectivity index (χ3v) is 4.84. The number of hydrogen-bond donors (Lipinski definition) is 2. The SMILES string of the molecule is C[n+]1ccc(NC(=O)c2ccc3cc(C(=O)Nc4cc[n+](C)cc4)ccc3c2)cc1. The summed E-state index contributed by atoms with van der Waals surface area (Å²) in [5.74, 6) is -0.352. The summed E-state index contributed by atoms with van der Waals surface area (Å²) in [4.78, 5) is 25.1. The summed E-state index contributed by atoms with van der Waals surface area (Å²) in [6.45, 7) is 0. The Kier molecular flexibility index (Phi) is 5.22. The molecular formula is C24H22N4O2+2. The monoisotopic (exact) mass is 398 g/mol. The summed E-state index contributed by atoms with van der Waals surface area (Å²) in [5, 5.41) is 7.57.